The smallest absolute Gasteiger partial charge is 0.191 e. The normalized spacial score (nSPS) is 30.9. The second-order valence-corrected chi connectivity index (χ2v) is 5.82. The van der Waals surface area contributed by atoms with Crippen LogP contribution in [0.3, 0.4) is 0 Å². The van der Waals surface area contributed by atoms with Gasteiger partial charge in [0.15, 0.2) is 11.7 Å². The van der Waals surface area contributed by atoms with Gasteiger partial charge in [-0.2, -0.15) is 0 Å². The first-order chi connectivity index (χ1) is 9.77. The van der Waals surface area contributed by atoms with E-state index < -0.39 is 5.79 Å². The molecule has 3 fully saturated rings. The summed E-state index contributed by atoms with van der Waals surface area (Å²) in [4.78, 5) is 6.66. The molecule has 6 nitrogen and oxygen atoms in total. The van der Waals surface area contributed by atoms with Crippen LogP contribution in [-0.2, 0) is 14.2 Å². The highest BCUT2D eigenvalue weighted by molar-refractivity contribution is 5.78. The van der Waals surface area contributed by atoms with Crippen LogP contribution in [-0.4, -0.2) is 62.2 Å². The summed E-state index contributed by atoms with van der Waals surface area (Å²) in [6.07, 6.45) is 5.37. The van der Waals surface area contributed by atoms with Crippen molar-refractivity contribution in [3.05, 3.63) is 0 Å². The molecule has 0 radical (unpaired) electrons. The number of piperidine rings is 1. The molecule has 3 aliphatic heterocycles. The summed E-state index contributed by atoms with van der Waals surface area (Å²) in [6, 6.07) is 0. The summed E-state index contributed by atoms with van der Waals surface area (Å²) in [5, 5.41) is 0. The predicted octanol–water partition coefficient (Wildman–Crippen LogP) is 0.709. The van der Waals surface area contributed by atoms with Gasteiger partial charge in [0.1, 0.15) is 6.10 Å². The van der Waals surface area contributed by atoms with Crippen molar-refractivity contribution < 1.29 is 14.2 Å². The molecule has 3 rings (SSSR count). The zero-order valence-corrected chi connectivity index (χ0v) is 12.1. The number of hydrogen-bond acceptors (Lipinski definition) is 4. The monoisotopic (exact) mass is 283 g/mol. The number of rotatable bonds is 2. The van der Waals surface area contributed by atoms with Crippen molar-refractivity contribution >= 4 is 5.96 Å². The van der Waals surface area contributed by atoms with E-state index in [1.54, 1.807) is 0 Å². The minimum atomic E-state index is -0.418. The second kappa shape index (κ2) is 6.28. The van der Waals surface area contributed by atoms with E-state index in [9.17, 15) is 0 Å². The quantitative estimate of drug-likeness (QED) is 0.597. The Labute approximate surface area is 120 Å². The van der Waals surface area contributed by atoms with E-state index in [0.717, 1.165) is 25.9 Å². The van der Waals surface area contributed by atoms with Crippen LogP contribution in [0.1, 0.15) is 32.1 Å². The van der Waals surface area contributed by atoms with Crippen LogP contribution in [0.25, 0.3) is 0 Å². The third-order valence-corrected chi connectivity index (χ3v) is 4.31. The standard InChI is InChI=1S/C14H25N3O3/c15-13(17-6-2-1-3-7-17)16-10-12-11-19-14(20-12)4-8-18-9-5-14/h12H,1-11H2,(H2,15,16). The van der Waals surface area contributed by atoms with Gasteiger partial charge in [-0.3, -0.25) is 4.99 Å². The van der Waals surface area contributed by atoms with E-state index in [1.807, 2.05) is 0 Å². The summed E-state index contributed by atoms with van der Waals surface area (Å²) in [7, 11) is 0. The Morgan fingerprint density at radius 1 is 1.20 bits per heavy atom. The molecule has 3 saturated heterocycles. The molecule has 0 aromatic heterocycles. The van der Waals surface area contributed by atoms with Crippen molar-refractivity contribution in [1.82, 2.24) is 4.90 Å². The molecule has 1 atom stereocenters. The molecule has 3 aliphatic rings. The summed E-state index contributed by atoms with van der Waals surface area (Å²) < 4.78 is 17.2. The molecular weight excluding hydrogens is 258 g/mol. The summed E-state index contributed by atoms with van der Waals surface area (Å²) in [6.45, 7) is 4.68. The van der Waals surface area contributed by atoms with E-state index >= 15 is 0 Å². The highest BCUT2D eigenvalue weighted by Crippen LogP contribution is 2.33. The Morgan fingerprint density at radius 3 is 2.70 bits per heavy atom. The molecular formula is C14H25N3O3. The minimum absolute atomic E-state index is 0.0245. The van der Waals surface area contributed by atoms with Gasteiger partial charge in [0.2, 0.25) is 0 Å². The molecule has 1 spiro atoms. The van der Waals surface area contributed by atoms with Gasteiger partial charge >= 0.3 is 0 Å². The fourth-order valence-corrected chi connectivity index (χ4v) is 3.07. The van der Waals surface area contributed by atoms with E-state index in [-0.39, 0.29) is 6.10 Å². The van der Waals surface area contributed by atoms with Gasteiger partial charge in [-0.05, 0) is 19.3 Å². The van der Waals surface area contributed by atoms with Crippen LogP contribution in [0.2, 0.25) is 0 Å². The fourth-order valence-electron chi connectivity index (χ4n) is 3.07. The van der Waals surface area contributed by atoms with E-state index in [0.29, 0.717) is 32.3 Å². The lowest BCUT2D eigenvalue weighted by molar-refractivity contribution is -0.210. The van der Waals surface area contributed by atoms with Crippen LogP contribution >= 0.6 is 0 Å². The SMILES string of the molecule is NC(=NCC1COC2(CCOCC2)O1)N1CCCCC1. The number of hydrogen-bond donors (Lipinski definition) is 1. The lowest BCUT2D eigenvalue weighted by atomic mass is 10.1. The van der Waals surface area contributed by atoms with E-state index in [4.69, 9.17) is 19.9 Å². The average molecular weight is 283 g/mol. The third-order valence-electron chi connectivity index (χ3n) is 4.31. The van der Waals surface area contributed by atoms with Gasteiger partial charge in [-0.15, -0.1) is 0 Å². The first-order valence-electron chi connectivity index (χ1n) is 7.72. The molecule has 114 valence electrons. The van der Waals surface area contributed by atoms with Gasteiger partial charge in [0.25, 0.3) is 0 Å². The molecule has 6 heteroatoms. The van der Waals surface area contributed by atoms with Crippen molar-refractivity contribution in [3.8, 4) is 0 Å². The molecule has 0 bridgehead atoms. The molecule has 0 amide bonds. The third kappa shape index (κ3) is 3.24. The maximum Gasteiger partial charge on any atom is 0.191 e. The molecule has 0 aromatic rings. The first-order valence-corrected chi connectivity index (χ1v) is 7.72. The fraction of sp³-hybridized carbons (Fsp3) is 0.929. The van der Waals surface area contributed by atoms with Crippen LogP contribution in [0.4, 0.5) is 0 Å². The van der Waals surface area contributed by atoms with Crippen molar-refractivity contribution in [2.24, 2.45) is 10.7 Å². The maximum atomic E-state index is 6.06. The van der Waals surface area contributed by atoms with Crippen LogP contribution in [0.15, 0.2) is 4.99 Å². The lowest BCUT2D eigenvalue weighted by Gasteiger charge is -2.31. The topological polar surface area (TPSA) is 69.3 Å². The zero-order chi connectivity index (χ0) is 13.8. The molecule has 0 aliphatic carbocycles. The summed E-state index contributed by atoms with van der Waals surface area (Å²) in [5.41, 5.74) is 6.06. The van der Waals surface area contributed by atoms with Crippen molar-refractivity contribution in [2.45, 2.75) is 44.0 Å². The minimum Gasteiger partial charge on any atom is -0.381 e. The van der Waals surface area contributed by atoms with E-state index in [2.05, 4.69) is 9.89 Å². The number of aliphatic imine (C=N–C) groups is 1. The predicted molar refractivity (Wildman–Crippen MR) is 75.5 cm³/mol. The molecule has 3 heterocycles. The van der Waals surface area contributed by atoms with Gasteiger partial charge in [0.05, 0.1) is 26.4 Å². The number of nitrogens with zero attached hydrogens (tertiary/aromatic N) is 2. The van der Waals surface area contributed by atoms with Crippen LogP contribution in [0, 0.1) is 0 Å². The number of nitrogens with two attached hydrogens (primary N) is 1. The van der Waals surface area contributed by atoms with Crippen molar-refractivity contribution in [2.75, 3.05) is 39.5 Å². The highest BCUT2D eigenvalue weighted by atomic mass is 16.7. The number of guanidine groups is 1. The van der Waals surface area contributed by atoms with Crippen molar-refractivity contribution in [1.29, 1.82) is 0 Å². The number of ether oxygens (including phenoxy) is 3. The first kappa shape index (κ1) is 14.1. The van der Waals surface area contributed by atoms with Crippen LogP contribution < -0.4 is 5.73 Å². The molecule has 1 unspecified atom stereocenters. The van der Waals surface area contributed by atoms with Crippen molar-refractivity contribution in [3.63, 3.8) is 0 Å². The molecule has 2 N–H and O–H groups in total. The Balaban J connectivity index is 1.48. The van der Waals surface area contributed by atoms with E-state index in [1.165, 1.54) is 19.3 Å². The number of likely N-dealkylation sites (tertiary alicyclic amines) is 1. The summed E-state index contributed by atoms with van der Waals surface area (Å²) in [5.74, 6) is 0.236. The lowest BCUT2D eigenvalue weighted by Crippen LogP contribution is -2.41. The van der Waals surface area contributed by atoms with Gasteiger partial charge in [-0.1, -0.05) is 0 Å². The zero-order valence-electron chi connectivity index (χ0n) is 12.1. The van der Waals surface area contributed by atoms with Gasteiger partial charge in [-0.25, -0.2) is 0 Å². The highest BCUT2D eigenvalue weighted by Gasteiger charge is 2.42. The summed E-state index contributed by atoms with van der Waals surface area (Å²) >= 11 is 0. The second-order valence-electron chi connectivity index (χ2n) is 5.82. The van der Waals surface area contributed by atoms with Gasteiger partial charge in [0, 0.05) is 25.9 Å². The Morgan fingerprint density at radius 2 is 1.95 bits per heavy atom. The maximum absolute atomic E-state index is 6.06. The largest absolute Gasteiger partial charge is 0.381 e. The average Bonchev–Trinajstić information content (AvgIpc) is 2.89. The van der Waals surface area contributed by atoms with Gasteiger partial charge < -0.3 is 24.8 Å². The Hall–Kier alpha value is -0.850. The molecule has 0 saturated carbocycles. The Kier molecular flexibility index (Phi) is 4.43. The van der Waals surface area contributed by atoms with Crippen LogP contribution in [0.5, 0.6) is 0 Å². The molecule has 20 heavy (non-hydrogen) atoms. The Bertz CT molecular complexity index is 350. The molecule has 0 aromatic carbocycles.